The van der Waals surface area contributed by atoms with E-state index in [-0.39, 0.29) is 24.9 Å². The van der Waals surface area contributed by atoms with Gasteiger partial charge in [0, 0.05) is 0 Å². The van der Waals surface area contributed by atoms with Gasteiger partial charge in [-0.1, -0.05) is 47.7 Å². The summed E-state index contributed by atoms with van der Waals surface area (Å²) in [4.78, 5) is 14.8. The van der Waals surface area contributed by atoms with Crippen LogP contribution in [0.5, 0.6) is 11.5 Å². The van der Waals surface area contributed by atoms with Crippen LogP contribution in [0, 0.1) is 5.82 Å². The molecule has 1 aromatic heterocycles. The maximum atomic E-state index is 13.1. The highest BCUT2D eigenvalue weighted by Gasteiger charge is 2.32. The SMILES string of the molecule is COc1cc(/C=C2\SC(=S)N(Cc3ccco3)C2=O)cc(Cl)c1OCc1ccc(F)cc1. The molecule has 164 valence electrons. The summed E-state index contributed by atoms with van der Waals surface area (Å²) in [5.41, 5.74) is 1.45. The number of rotatable bonds is 7. The molecular weight excluding hydrogens is 473 g/mol. The molecule has 2 aromatic carbocycles. The van der Waals surface area contributed by atoms with Gasteiger partial charge < -0.3 is 13.9 Å². The number of furan rings is 1. The fourth-order valence-corrected chi connectivity index (χ4v) is 4.57. The second-order valence-electron chi connectivity index (χ2n) is 6.80. The van der Waals surface area contributed by atoms with Crippen LogP contribution in [0.25, 0.3) is 6.08 Å². The van der Waals surface area contributed by atoms with Crippen LogP contribution >= 0.6 is 35.6 Å². The first kappa shape index (κ1) is 22.4. The van der Waals surface area contributed by atoms with Crippen LogP contribution in [0.4, 0.5) is 4.39 Å². The summed E-state index contributed by atoms with van der Waals surface area (Å²) in [5, 5.41) is 0.323. The molecule has 1 aliphatic rings. The number of hydrogen-bond acceptors (Lipinski definition) is 6. The first-order valence-electron chi connectivity index (χ1n) is 9.47. The molecule has 1 fully saturated rings. The fraction of sp³-hybridized carbons (Fsp3) is 0.130. The van der Waals surface area contributed by atoms with Crippen molar-refractivity contribution in [3.05, 3.63) is 87.4 Å². The average Bonchev–Trinajstić information content (AvgIpc) is 3.38. The summed E-state index contributed by atoms with van der Waals surface area (Å²) in [6.07, 6.45) is 3.26. The Kier molecular flexibility index (Phi) is 6.83. The Morgan fingerprint density at radius 2 is 2.03 bits per heavy atom. The van der Waals surface area contributed by atoms with E-state index in [1.165, 1.54) is 35.9 Å². The van der Waals surface area contributed by atoms with Gasteiger partial charge in [-0.05, 0) is 53.6 Å². The molecule has 1 aliphatic heterocycles. The summed E-state index contributed by atoms with van der Waals surface area (Å²) in [6, 6.07) is 13.0. The van der Waals surface area contributed by atoms with Crippen LogP contribution in [0.3, 0.4) is 0 Å². The van der Waals surface area contributed by atoms with Crippen molar-refractivity contribution in [2.24, 2.45) is 0 Å². The molecule has 2 heterocycles. The Bertz CT molecular complexity index is 1180. The van der Waals surface area contributed by atoms with E-state index in [1.807, 2.05) is 0 Å². The zero-order valence-corrected chi connectivity index (χ0v) is 19.2. The van der Waals surface area contributed by atoms with Crippen LogP contribution in [-0.4, -0.2) is 22.2 Å². The number of benzene rings is 2. The molecule has 5 nitrogen and oxygen atoms in total. The van der Waals surface area contributed by atoms with Crippen LogP contribution in [-0.2, 0) is 17.9 Å². The highest BCUT2D eigenvalue weighted by molar-refractivity contribution is 8.26. The van der Waals surface area contributed by atoms with Crippen molar-refractivity contribution < 1.29 is 23.1 Å². The minimum Gasteiger partial charge on any atom is -0.493 e. The van der Waals surface area contributed by atoms with Crippen molar-refractivity contribution in [3.8, 4) is 11.5 Å². The normalized spacial score (nSPS) is 15.0. The van der Waals surface area contributed by atoms with Gasteiger partial charge in [0.1, 0.15) is 22.5 Å². The molecule has 0 N–H and O–H groups in total. The quantitative estimate of drug-likeness (QED) is 0.297. The van der Waals surface area contributed by atoms with Gasteiger partial charge in [0.2, 0.25) is 0 Å². The number of thioether (sulfide) groups is 1. The first-order valence-corrected chi connectivity index (χ1v) is 11.1. The molecule has 0 aliphatic carbocycles. The van der Waals surface area contributed by atoms with Gasteiger partial charge in [-0.3, -0.25) is 9.69 Å². The van der Waals surface area contributed by atoms with Crippen molar-refractivity contribution in [3.63, 3.8) is 0 Å². The van der Waals surface area contributed by atoms with Crippen LogP contribution in [0.1, 0.15) is 16.9 Å². The largest absolute Gasteiger partial charge is 0.493 e. The van der Waals surface area contributed by atoms with Gasteiger partial charge in [0.15, 0.2) is 11.5 Å². The summed E-state index contributed by atoms with van der Waals surface area (Å²) >= 11 is 13.0. The second-order valence-corrected chi connectivity index (χ2v) is 8.88. The Morgan fingerprint density at radius 3 is 2.72 bits per heavy atom. The summed E-state index contributed by atoms with van der Waals surface area (Å²) in [5.74, 6) is 0.902. The zero-order chi connectivity index (χ0) is 22.7. The monoisotopic (exact) mass is 489 g/mol. The Morgan fingerprint density at radius 1 is 1.25 bits per heavy atom. The standard InChI is InChI=1S/C23H17ClFNO4S2/c1-28-19-10-15(9-18(24)21(19)30-13-14-4-6-16(25)7-5-14)11-20-22(27)26(23(31)32-20)12-17-3-2-8-29-17/h2-11H,12-13H2,1H3/b20-11-. The number of methoxy groups -OCH3 is 1. The number of carbonyl (C=O) groups is 1. The molecular formula is C23H17ClFNO4S2. The molecule has 3 aromatic rings. The van der Waals surface area contributed by atoms with Gasteiger partial charge in [-0.15, -0.1) is 0 Å². The summed E-state index contributed by atoms with van der Waals surface area (Å²) in [6.45, 7) is 0.469. The average molecular weight is 490 g/mol. The predicted octanol–water partition coefficient (Wildman–Crippen LogP) is 6.06. The van der Waals surface area contributed by atoms with Gasteiger partial charge in [-0.2, -0.15) is 0 Å². The number of hydrogen-bond donors (Lipinski definition) is 0. The van der Waals surface area contributed by atoms with E-state index in [4.69, 9.17) is 37.7 Å². The van der Waals surface area contributed by atoms with Crippen molar-refractivity contribution in [1.29, 1.82) is 0 Å². The van der Waals surface area contributed by atoms with Gasteiger partial charge in [-0.25, -0.2) is 4.39 Å². The third-order valence-electron chi connectivity index (χ3n) is 4.61. The lowest BCUT2D eigenvalue weighted by Gasteiger charge is -2.14. The maximum Gasteiger partial charge on any atom is 0.266 e. The molecule has 32 heavy (non-hydrogen) atoms. The van der Waals surface area contributed by atoms with E-state index in [9.17, 15) is 9.18 Å². The number of halogens is 2. The molecule has 4 rings (SSSR count). The van der Waals surface area contributed by atoms with E-state index < -0.39 is 0 Å². The molecule has 0 unspecified atom stereocenters. The first-order chi connectivity index (χ1) is 15.4. The van der Waals surface area contributed by atoms with Crippen LogP contribution in [0.15, 0.2) is 64.1 Å². The van der Waals surface area contributed by atoms with E-state index in [0.29, 0.717) is 37.1 Å². The van der Waals surface area contributed by atoms with E-state index >= 15 is 0 Å². The lowest BCUT2D eigenvalue weighted by molar-refractivity contribution is -0.122. The molecule has 1 saturated heterocycles. The highest BCUT2D eigenvalue weighted by atomic mass is 35.5. The fourth-order valence-electron chi connectivity index (χ4n) is 3.05. The molecule has 0 atom stereocenters. The molecule has 9 heteroatoms. The van der Waals surface area contributed by atoms with Crippen molar-refractivity contribution >= 4 is 51.9 Å². The Labute approximate surface area is 198 Å². The van der Waals surface area contributed by atoms with Crippen molar-refractivity contribution in [2.45, 2.75) is 13.2 Å². The minimum atomic E-state index is -0.316. The van der Waals surface area contributed by atoms with Crippen LogP contribution in [0.2, 0.25) is 5.02 Å². The second kappa shape index (κ2) is 9.77. The molecule has 0 bridgehead atoms. The van der Waals surface area contributed by atoms with Crippen LogP contribution < -0.4 is 9.47 Å². The lowest BCUT2D eigenvalue weighted by Crippen LogP contribution is -2.27. The third-order valence-corrected chi connectivity index (χ3v) is 6.27. The number of carbonyl (C=O) groups excluding carboxylic acids is 1. The Balaban J connectivity index is 1.53. The number of ether oxygens (including phenoxy) is 2. The van der Waals surface area contributed by atoms with Gasteiger partial charge >= 0.3 is 0 Å². The number of thiocarbonyl (C=S) groups is 1. The summed E-state index contributed by atoms with van der Waals surface area (Å²) in [7, 11) is 1.50. The van der Waals surface area contributed by atoms with E-state index in [2.05, 4.69) is 0 Å². The molecule has 0 saturated carbocycles. The third kappa shape index (κ3) is 4.98. The van der Waals surface area contributed by atoms with E-state index in [0.717, 1.165) is 5.56 Å². The maximum absolute atomic E-state index is 13.1. The van der Waals surface area contributed by atoms with Gasteiger partial charge in [0.05, 0.1) is 29.8 Å². The summed E-state index contributed by atoms with van der Waals surface area (Å²) < 4.78 is 30.1. The van der Waals surface area contributed by atoms with E-state index in [1.54, 1.807) is 48.7 Å². The number of nitrogens with zero attached hydrogens (tertiary/aromatic N) is 1. The topological polar surface area (TPSA) is 51.9 Å². The predicted molar refractivity (Wildman–Crippen MR) is 126 cm³/mol. The molecule has 0 spiro atoms. The lowest BCUT2D eigenvalue weighted by atomic mass is 10.1. The van der Waals surface area contributed by atoms with Gasteiger partial charge in [0.25, 0.3) is 5.91 Å². The highest BCUT2D eigenvalue weighted by Crippen LogP contribution is 2.39. The molecule has 1 amide bonds. The zero-order valence-electron chi connectivity index (χ0n) is 16.8. The molecule has 0 radical (unpaired) electrons. The smallest absolute Gasteiger partial charge is 0.266 e. The van der Waals surface area contributed by atoms with Crippen molar-refractivity contribution in [2.75, 3.05) is 7.11 Å². The number of amides is 1. The van der Waals surface area contributed by atoms with Crippen molar-refractivity contribution in [1.82, 2.24) is 4.90 Å². The minimum absolute atomic E-state index is 0.196. The Hall–Kier alpha value is -2.81.